The van der Waals surface area contributed by atoms with Gasteiger partial charge in [0.1, 0.15) is 0 Å². The largest absolute Gasteiger partial charge is 0.344 e. The van der Waals surface area contributed by atoms with Crippen molar-refractivity contribution in [2.75, 3.05) is 27.2 Å². The number of benzene rings is 1. The summed E-state index contributed by atoms with van der Waals surface area (Å²) >= 11 is 0. The zero-order valence-electron chi connectivity index (χ0n) is 11.9. The van der Waals surface area contributed by atoms with Gasteiger partial charge < -0.3 is 10.2 Å². The first-order valence-corrected chi connectivity index (χ1v) is 6.49. The molecule has 1 rings (SSSR count). The normalized spacial score (nSPS) is 10.4. The van der Waals surface area contributed by atoms with Crippen LogP contribution in [0.1, 0.15) is 23.1 Å². The molecule has 0 spiro atoms. The van der Waals surface area contributed by atoms with E-state index in [4.69, 9.17) is 0 Å². The van der Waals surface area contributed by atoms with Crippen LogP contribution in [0.25, 0.3) is 0 Å². The fraction of sp³-hybridized carbons (Fsp3) is 0.533. The van der Waals surface area contributed by atoms with Gasteiger partial charge >= 0.3 is 0 Å². The van der Waals surface area contributed by atoms with Gasteiger partial charge in [-0.05, 0) is 38.4 Å². The van der Waals surface area contributed by atoms with Crippen molar-refractivity contribution >= 4 is 5.91 Å². The average molecular weight is 248 g/mol. The van der Waals surface area contributed by atoms with E-state index in [9.17, 15) is 4.79 Å². The molecule has 3 nitrogen and oxygen atoms in total. The number of nitrogens with zero attached hydrogens (tertiary/aromatic N) is 1. The first-order valence-electron chi connectivity index (χ1n) is 6.49. The van der Waals surface area contributed by atoms with Crippen LogP contribution in [0.15, 0.2) is 18.2 Å². The minimum Gasteiger partial charge on any atom is -0.344 e. The van der Waals surface area contributed by atoms with E-state index >= 15 is 0 Å². The van der Waals surface area contributed by atoms with Gasteiger partial charge in [0.05, 0.1) is 0 Å². The molecule has 1 aromatic carbocycles. The van der Waals surface area contributed by atoms with E-state index < -0.39 is 0 Å². The molecule has 0 bridgehead atoms. The van der Waals surface area contributed by atoms with Crippen LogP contribution < -0.4 is 5.32 Å². The Hall–Kier alpha value is -1.35. The summed E-state index contributed by atoms with van der Waals surface area (Å²) in [7, 11) is 3.76. The number of carbonyl (C=O) groups excluding carboxylic acids is 1. The number of nitrogens with one attached hydrogen (secondary N) is 1. The van der Waals surface area contributed by atoms with Gasteiger partial charge in [0.25, 0.3) is 0 Å². The molecule has 0 atom stereocenters. The van der Waals surface area contributed by atoms with Crippen LogP contribution in [-0.2, 0) is 11.2 Å². The third kappa shape index (κ3) is 4.49. The smallest absolute Gasteiger partial charge is 0.222 e. The van der Waals surface area contributed by atoms with Crippen molar-refractivity contribution in [2.45, 2.75) is 26.7 Å². The van der Waals surface area contributed by atoms with Gasteiger partial charge in [-0.15, -0.1) is 0 Å². The quantitative estimate of drug-likeness (QED) is 0.834. The Morgan fingerprint density at radius 1 is 1.33 bits per heavy atom. The van der Waals surface area contributed by atoms with Gasteiger partial charge in [-0.2, -0.15) is 0 Å². The van der Waals surface area contributed by atoms with E-state index in [2.05, 4.69) is 37.4 Å². The second-order valence-electron chi connectivity index (χ2n) is 4.85. The highest BCUT2D eigenvalue weighted by Crippen LogP contribution is 2.12. The van der Waals surface area contributed by atoms with Crippen molar-refractivity contribution in [3.05, 3.63) is 34.9 Å². The van der Waals surface area contributed by atoms with Crippen molar-refractivity contribution in [2.24, 2.45) is 0 Å². The van der Waals surface area contributed by atoms with Crippen LogP contribution in [0.4, 0.5) is 0 Å². The first-order chi connectivity index (χ1) is 8.54. The lowest BCUT2D eigenvalue weighted by molar-refractivity contribution is -0.129. The van der Waals surface area contributed by atoms with Gasteiger partial charge in [0, 0.05) is 26.6 Å². The summed E-state index contributed by atoms with van der Waals surface area (Å²) in [6, 6.07) is 6.41. The van der Waals surface area contributed by atoms with Gasteiger partial charge in [-0.25, -0.2) is 0 Å². The molecule has 1 aromatic rings. The number of hydrogen-bond acceptors (Lipinski definition) is 2. The van der Waals surface area contributed by atoms with E-state index in [1.165, 1.54) is 16.7 Å². The predicted octanol–water partition coefficient (Wildman–Crippen LogP) is 1.91. The van der Waals surface area contributed by atoms with Gasteiger partial charge in [0.2, 0.25) is 5.91 Å². The average Bonchev–Trinajstić information content (AvgIpc) is 2.34. The van der Waals surface area contributed by atoms with Crippen LogP contribution in [0.3, 0.4) is 0 Å². The summed E-state index contributed by atoms with van der Waals surface area (Å²) in [6.07, 6.45) is 1.42. The zero-order valence-corrected chi connectivity index (χ0v) is 11.9. The maximum Gasteiger partial charge on any atom is 0.222 e. The molecule has 1 N–H and O–H groups in total. The summed E-state index contributed by atoms with van der Waals surface area (Å²) in [4.78, 5) is 13.7. The first kappa shape index (κ1) is 14.7. The third-order valence-electron chi connectivity index (χ3n) is 3.23. The molecule has 0 aliphatic heterocycles. The Morgan fingerprint density at radius 3 is 2.67 bits per heavy atom. The number of rotatable bonds is 6. The second-order valence-corrected chi connectivity index (χ2v) is 4.85. The van der Waals surface area contributed by atoms with Crippen molar-refractivity contribution in [3.8, 4) is 0 Å². The summed E-state index contributed by atoms with van der Waals surface area (Å²) in [5.41, 5.74) is 3.82. The molecular formula is C15H24N2O. The molecule has 0 aromatic heterocycles. The molecule has 0 saturated carbocycles. The lowest BCUT2D eigenvalue weighted by atomic mass is 10.0. The van der Waals surface area contributed by atoms with Crippen molar-refractivity contribution < 1.29 is 4.79 Å². The highest BCUT2D eigenvalue weighted by atomic mass is 16.2. The van der Waals surface area contributed by atoms with E-state index in [0.717, 1.165) is 19.5 Å². The molecule has 100 valence electrons. The van der Waals surface area contributed by atoms with E-state index in [0.29, 0.717) is 6.42 Å². The Kier molecular flexibility index (Phi) is 5.86. The van der Waals surface area contributed by atoms with Gasteiger partial charge in [-0.1, -0.05) is 23.8 Å². The zero-order chi connectivity index (χ0) is 13.5. The third-order valence-corrected chi connectivity index (χ3v) is 3.23. The number of amides is 1. The van der Waals surface area contributed by atoms with Crippen LogP contribution >= 0.6 is 0 Å². The van der Waals surface area contributed by atoms with Crippen LogP contribution in [0.2, 0.25) is 0 Å². The second kappa shape index (κ2) is 7.17. The SMILES string of the molecule is CNCCN(C)C(=O)CCc1ccc(C)cc1C. The summed E-state index contributed by atoms with van der Waals surface area (Å²) in [5, 5.41) is 3.05. The monoisotopic (exact) mass is 248 g/mol. The molecule has 0 fully saturated rings. The van der Waals surface area contributed by atoms with Crippen molar-refractivity contribution in [1.82, 2.24) is 10.2 Å². The number of aryl methyl sites for hydroxylation is 3. The number of likely N-dealkylation sites (N-methyl/N-ethyl adjacent to an activating group) is 2. The summed E-state index contributed by atoms with van der Waals surface area (Å²) in [6.45, 7) is 5.80. The molecule has 0 aliphatic rings. The molecule has 0 saturated heterocycles. The van der Waals surface area contributed by atoms with Crippen LogP contribution in [-0.4, -0.2) is 38.0 Å². The topological polar surface area (TPSA) is 32.3 Å². The van der Waals surface area contributed by atoms with E-state index in [1.807, 2.05) is 14.1 Å². The Balaban J connectivity index is 2.47. The fourth-order valence-corrected chi connectivity index (χ4v) is 1.96. The number of carbonyl (C=O) groups is 1. The van der Waals surface area contributed by atoms with Crippen LogP contribution in [0.5, 0.6) is 0 Å². The molecule has 18 heavy (non-hydrogen) atoms. The predicted molar refractivity (Wildman–Crippen MR) is 75.8 cm³/mol. The lowest BCUT2D eigenvalue weighted by Gasteiger charge is -2.17. The Bertz CT molecular complexity index is 401. The molecule has 0 unspecified atom stereocenters. The van der Waals surface area contributed by atoms with E-state index in [1.54, 1.807) is 4.90 Å². The summed E-state index contributed by atoms with van der Waals surface area (Å²) in [5.74, 6) is 0.213. The molecule has 0 heterocycles. The van der Waals surface area contributed by atoms with E-state index in [-0.39, 0.29) is 5.91 Å². The summed E-state index contributed by atoms with van der Waals surface area (Å²) < 4.78 is 0. The highest BCUT2D eigenvalue weighted by Gasteiger charge is 2.09. The van der Waals surface area contributed by atoms with Gasteiger partial charge in [0.15, 0.2) is 0 Å². The van der Waals surface area contributed by atoms with Crippen molar-refractivity contribution in [3.63, 3.8) is 0 Å². The molecule has 1 amide bonds. The lowest BCUT2D eigenvalue weighted by Crippen LogP contribution is -2.32. The molecule has 0 aliphatic carbocycles. The molecule has 0 radical (unpaired) electrons. The Morgan fingerprint density at radius 2 is 2.06 bits per heavy atom. The molecule has 3 heteroatoms. The van der Waals surface area contributed by atoms with Gasteiger partial charge in [-0.3, -0.25) is 4.79 Å². The van der Waals surface area contributed by atoms with Crippen molar-refractivity contribution in [1.29, 1.82) is 0 Å². The minimum atomic E-state index is 0.213. The minimum absolute atomic E-state index is 0.213. The van der Waals surface area contributed by atoms with Crippen LogP contribution in [0, 0.1) is 13.8 Å². The Labute approximate surface area is 110 Å². The standard InChI is InChI=1S/C15H24N2O/c1-12-5-6-14(13(2)11-12)7-8-15(18)17(4)10-9-16-3/h5-6,11,16H,7-10H2,1-4H3. The molecular weight excluding hydrogens is 224 g/mol. The number of hydrogen-bond donors (Lipinski definition) is 1. The maximum atomic E-state index is 11.9. The fourth-order valence-electron chi connectivity index (χ4n) is 1.96. The maximum absolute atomic E-state index is 11.9. The highest BCUT2D eigenvalue weighted by molar-refractivity contribution is 5.76.